The highest BCUT2D eigenvalue weighted by molar-refractivity contribution is 5.85. The summed E-state index contributed by atoms with van der Waals surface area (Å²) in [6.45, 7) is 0.745. The zero-order valence-corrected chi connectivity index (χ0v) is 8.67. The summed E-state index contributed by atoms with van der Waals surface area (Å²) in [5.41, 5.74) is 0. The Morgan fingerprint density at radius 1 is 1.38 bits per heavy atom. The molecule has 1 unspecified atom stereocenters. The number of hydrogen-bond acceptors (Lipinski definition) is 3. The minimum absolute atomic E-state index is 0.904. The summed E-state index contributed by atoms with van der Waals surface area (Å²) in [6.07, 6.45) is -5.88. The van der Waals surface area contributed by atoms with Gasteiger partial charge in [0.05, 0.1) is 0 Å². The molecule has 5 nitrogen and oxygen atoms in total. The van der Waals surface area contributed by atoms with E-state index in [1.165, 1.54) is 6.92 Å². The molecule has 2 atom stereocenters. The van der Waals surface area contributed by atoms with E-state index in [1.54, 1.807) is 0 Å². The van der Waals surface area contributed by atoms with Gasteiger partial charge in [-0.1, -0.05) is 0 Å². The van der Waals surface area contributed by atoms with Gasteiger partial charge >= 0.3 is 12.1 Å². The number of carboxylic acid groups (broad SMARTS) is 1. The molecule has 8 heteroatoms. The van der Waals surface area contributed by atoms with E-state index in [-0.39, 0.29) is 0 Å². The van der Waals surface area contributed by atoms with E-state index >= 15 is 0 Å². The van der Waals surface area contributed by atoms with Crippen LogP contribution >= 0.6 is 0 Å². The maximum absolute atomic E-state index is 11.7. The number of ether oxygens (including phenoxy) is 1. The third-order valence-electron chi connectivity index (χ3n) is 1.60. The first-order chi connectivity index (χ1) is 7.13. The summed E-state index contributed by atoms with van der Waals surface area (Å²) in [4.78, 5) is 21.4. The first-order valence-electron chi connectivity index (χ1n) is 4.35. The Balaban J connectivity index is 4.05. The van der Waals surface area contributed by atoms with Crippen molar-refractivity contribution in [2.24, 2.45) is 0 Å². The van der Waals surface area contributed by atoms with Crippen LogP contribution in [0.25, 0.3) is 0 Å². The van der Waals surface area contributed by atoms with E-state index in [2.05, 4.69) is 4.74 Å². The maximum Gasteiger partial charge on any atom is 0.411 e. The first kappa shape index (κ1) is 14.7. The fourth-order valence-electron chi connectivity index (χ4n) is 0.688. The predicted octanol–water partition coefficient (Wildman–Crippen LogP) is 0.543. The van der Waals surface area contributed by atoms with E-state index in [4.69, 9.17) is 5.11 Å². The summed E-state index contributed by atoms with van der Waals surface area (Å²) in [7, 11) is 0. The number of amides is 1. The van der Waals surface area contributed by atoms with Gasteiger partial charge < -0.3 is 15.2 Å². The highest BCUT2D eigenvalue weighted by Crippen LogP contribution is 2.15. The minimum atomic E-state index is -4.52. The van der Waals surface area contributed by atoms with Crippen molar-refractivity contribution < 1.29 is 32.6 Å². The van der Waals surface area contributed by atoms with Gasteiger partial charge in [0.1, 0.15) is 18.8 Å². The first-order valence-corrected chi connectivity index (χ1v) is 4.35. The molecule has 16 heavy (non-hydrogen) atoms. The number of alkyl halides is 3. The number of carboxylic acids is 1. The molecule has 0 saturated carbocycles. The lowest BCUT2D eigenvalue weighted by Crippen LogP contribution is -2.44. The Morgan fingerprint density at radius 2 is 1.88 bits per heavy atom. The molecule has 0 bridgehead atoms. The third-order valence-corrected chi connectivity index (χ3v) is 1.60. The Kier molecular flexibility index (Phi) is 5.22. The van der Waals surface area contributed by atoms with Gasteiger partial charge in [-0.05, 0) is 13.8 Å². The number of halogens is 3. The summed E-state index contributed by atoms with van der Waals surface area (Å²) in [5, 5.41) is 10.4. The average Bonchev–Trinajstić information content (AvgIpc) is 2.12. The molecule has 1 amide bonds. The molecule has 0 aromatic rings. The van der Waals surface area contributed by atoms with E-state index in [0.29, 0.717) is 0 Å². The summed E-state index contributed by atoms with van der Waals surface area (Å²) >= 11 is 0. The van der Waals surface area contributed by atoms with Crippen LogP contribution in [-0.2, 0) is 14.3 Å². The summed E-state index contributed by atoms with van der Waals surface area (Å²) in [6, 6.07) is -1.18. The number of nitrogens with one attached hydrogen (secondary N) is 1. The zero-order valence-electron chi connectivity index (χ0n) is 8.67. The van der Waals surface area contributed by atoms with Crippen molar-refractivity contribution in [3.63, 3.8) is 0 Å². The minimum Gasteiger partial charge on any atom is -0.480 e. The van der Waals surface area contributed by atoms with Crippen molar-refractivity contribution >= 4 is 11.9 Å². The lowest BCUT2D eigenvalue weighted by Gasteiger charge is -2.16. The fourth-order valence-corrected chi connectivity index (χ4v) is 0.688. The molecule has 0 radical (unpaired) electrons. The largest absolute Gasteiger partial charge is 0.480 e. The third kappa shape index (κ3) is 6.23. The number of carbonyl (C=O) groups is 2. The quantitative estimate of drug-likeness (QED) is 0.739. The summed E-state index contributed by atoms with van der Waals surface area (Å²) < 4.78 is 39.4. The van der Waals surface area contributed by atoms with Crippen molar-refractivity contribution in [1.29, 1.82) is 0 Å². The molecule has 0 aromatic heterocycles. The van der Waals surface area contributed by atoms with E-state index in [0.717, 1.165) is 6.92 Å². The molecule has 0 saturated heterocycles. The van der Waals surface area contributed by atoms with E-state index in [1.807, 2.05) is 5.32 Å². The molecule has 94 valence electrons. The molecule has 0 spiro atoms. The standard InChI is InChI=1S/C8H12F3NO4/c1-4(7(14)15)12-6(13)5(2)16-3-8(9,10)11/h4-5H,3H2,1-2H3,(H,12,13)(H,14,15)/t4-,5?/m1/s1. The lowest BCUT2D eigenvalue weighted by atomic mass is 10.3. The topological polar surface area (TPSA) is 75.6 Å². The number of aliphatic carboxylic acids is 1. The Labute approximate surface area is 89.6 Å². The van der Waals surface area contributed by atoms with Gasteiger partial charge in [-0.3, -0.25) is 9.59 Å². The highest BCUT2D eigenvalue weighted by Gasteiger charge is 2.30. The second-order valence-corrected chi connectivity index (χ2v) is 3.14. The van der Waals surface area contributed by atoms with Crippen molar-refractivity contribution in [2.45, 2.75) is 32.2 Å². The van der Waals surface area contributed by atoms with Crippen molar-refractivity contribution in [3.8, 4) is 0 Å². The molecule has 0 aliphatic heterocycles. The Bertz CT molecular complexity index is 266. The van der Waals surface area contributed by atoms with E-state index < -0.39 is 36.8 Å². The van der Waals surface area contributed by atoms with Gasteiger partial charge in [-0.2, -0.15) is 13.2 Å². The summed E-state index contributed by atoms with van der Waals surface area (Å²) in [5.74, 6) is -2.18. The van der Waals surface area contributed by atoms with Gasteiger partial charge in [0.2, 0.25) is 5.91 Å². The zero-order chi connectivity index (χ0) is 12.9. The van der Waals surface area contributed by atoms with Crippen LogP contribution in [0.4, 0.5) is 13.2 Å². The monoisotopic (exact) mass is 243 g/mol. The lowest BCUT2D eigenvalue weighted by molar-refractivity contribution is -0.186. The molecule has 0 fully saturated rings. The number of rotatable bonds is 5. The molecule has 2 N–H and O–H groups in total. The van der Waals surface area contributed by atoms with Crippen molar-refractivity contribution in [2.75, 3.05) is 6.61 Å². The van der Waals surface area contributed by atoms with Crippen LogP contribution < -0.4 is 5.32 Å². The van der Waals surface area contributed by atoms with Gasteiger partial charge in [0.15, 0.2) is 0 Å². The molecule has 0 aliphatic carbocycles. The average molecular weight is 243 g/mol. The fraction of sp³-hybridized carbons (Fsp3) is 0.750. The second-order valence-electron chi connectivity index (χ2n) is 3.14. The van der Waals surface area contributed by atoms with Gasteiger partial charge in [0.25, 0.3) is 0 Å². The Morgan fingerprint density at radius 3 is 2.25 bits per heavy atom. The van der Waals surface area contributed by atoms with Crippen LogP contribution in [-0.4, -0.2) is 41.9 Å². The smallest absolute Gasteiger partial charge is 0.411 e. The molecule has 0 rings (SSSR count). The Hall–Kier alpha value is -1.31. The molecular formula is C8H12F3NO4. The van der Waals surface area contributed by atoms with Crippen molar-refractivity contribution in [1.82, 2.24) is 5.32 Å². The van der Waals surface area contributed by atoms with Crippen LogP contribution in [0.2, 0.25) is 0 Å². The van der Waals surface area contributed by atoms with Crippen molar-refractivity contribution in [3.05, 3.63) is 0 Å². The number of hydrogen-bond donors (Lipinski definition) is 2. The van der Waals surface area contributed by atoms with Crippen LogP contribution in [0.3, 0.4) is 0 Å². The van der Waals surface area contributed by atoms with E-state index in [9.17, 15) is 22.8 Å². The molecule has 0 heterocycles. The SMILES string of the molecule is CC(OCC(F)(F)F)C(=O)N[C@H](C)C(=O)O. The highest BCUT2D eigenvalue weighted by atomic mass is 19.4. The molecule has 0 aliphatic rings. The molecule has 0 aromatic carbocycles. The normalized spacial score (nSPS) is 15.3. The van der Waals surface area contributed by atoms with Gasteiger partial charge in [0, 0.05) is 0 Å². The van der Waals surface area contributed by atoms with Crippen LogP contribution in [0.5, 0.6) is 0 Å². The van der Waals surface area contributed by atoms with Crippen LogP contribution in [0.1, 0.15) is 13.8 Å². The van der Waals surface area contributed by atoms with Crippen LogP contribution in [0.15, 0.2) is 0 Å². The van der Waals surface area contributed by atoms with Crippen LogP contribution in [0, 0.1) is 0 Å². The number of carbonyl (C=O) groups excluding carboxylic acids is 1. The van der Waals surface area contributed by atoms with Gasteiger partial charge in [-0.25, -0.2) is 0 Å². The predicted molar refractivity (Wildman–Crippen MR) is 46.7 cm³/mol. The molecular weight excluding hydrogens is 231 g/mol. The van der Waals surface area contributed by atoms with Gasteiger partial charge in [-0.15, -0.1) is 0 Å². The maximum atomic E-state index is 11.7. The second kappa shape index (κ2) is 5.69.